The highest BCUT2D eigenvalue weighted by Gasteiger charge is 2.34. The minimum absolute atomic E-state index is 0.0137. The molecule has 4 rings (SSSR count). The molecule has 3 aromatic rings. The first kappa shape index (κ1) is 21.4. The van der Waals surface area contributed by atoms with E-state index in [1.807, 2.05) is 19.1 Å². The van der Waals surface area contributed by atoms with Gasteiger partial charge in [0.15, 0.2) is 0 Å². The van der Waals surface area contributed by atoms with E-state index in [0.717, 1.165) is 5.56 Å². The van der Waals surface area contributed by atoms with Crippen molar-refractivity contribution >= 4 is 15.9 Å². The predicted molar refractivity (Wildman–Crippen MR) is 114 cm³/mol. The molecule has 1 aliphatic rings. The van der Waals surface area contributed by atoms with E-state index in [0.29, 0.717) is 55.4 Å². The van der Waals surface area contributed by atoms with Crippen molar-refractivity contribution in [1.29, 1.82) is 0 Å². The van der Waals surface area contributed by atoms with E-state index in [4.69, 9.17) is 8.83 Å². The molecule has 0 bridgehead atoms. The largest absolute Gasteiger partial charge is 0.467 e. The van der Waals surface area contributed by atoms with Crippen LogP contribution in [0, 0.1) is 12.8 Å². The van der Waals surface area contributed by atoms with Crippen LogP contribution in [0.15, 0.2) is 74.8 Å². The zero-order chi connectivity index (χ0) is 21.8. The van der Waals surface area contributed by atoms with Crippen molar-refractivity contribution in [3.63, 3.8) is 0 Å². The summed E-state index contributed by atoms with van der Waals surface area (Å²) in [6, 6.07) is 14.1. The molecule has 0 aliphatic carbocycles. The smallest absolute Gasteiger partial charge is 0.243 e. The molecule has 0 atom stereocenters. The van der Waals surface area contributed by atoms with Crippen molar-refractivity contribution in [2.75, 3.05) is 13.1 Å². The summed E-state index contributed by atoms with van der Waals surface area (Å²) < 4.78 is 38.2. The number of piperidine rings is 1. The van der Waals surface area contributed by atoms with Crippen LogP contribution in [-0.2, 0) is 27.9 Å². The Balaban J connectivity index is 1.43. The van der Waals surface area contributed by atoms with Gasteiger partial charge in [0, 0.05) is 19.0 Å². The fraction of sp³-hybridized carbons (Fsp3) is 0.348. The molecule has 7 nitrogen and oxygen atoms in total. The molecule has 1 saturated heterocycles. The van der Waals surface area contributed by atoms with Crippen molar-refractivity contribution in [2.45, 2.75) is 37.8 Å². The van der Waals surface area contributed by atoms with Gasteiger partial charge in [0.25, 0.3) is 0 Å². The van der Waals surface area contributed by atoms with Crippen molar-refractivity contribution in [1.82, 2.24) is 9.21 Å². The maximum Gasteiger partial charge on any atom is 0.243 e. The summed E-state index contributed by atoms with van der Waals surface area (Å²) in [5.41, 5.74) is 1.01. The molecular formula is C23H26N2O5S. The molecule has 1 aliphatic heterocycles. The van der Waals surface area contributed by atoms with Crippen molar-refractivity contribution in [2.24, 2.45) is 5.92 Å². The summed E-state index contributed by atoms with van der Waals surface area (Å²) in [7, 11) is -3.55. The molecule has 0 saturated carbocycles. The summed E-state index contributed by atoms with van der Waals surface area (Å²) in [4.78, 5) is 15.3. The first-order chi connectivity index (χ1) is 14.9. The minimum atomic E-state index is -3.55. The number of benzene rings is 1. The number of hydrogen-bond donors (Lipinski definition) is 0. The van der Waals surface area contributed by atoms with Crippen LogP contribution in [0.2, 0.25) is 0 Å². The molecule has 164 valence electrons. The summed E-state index contributed by atoms with van der Waals surface area (Å²) in [5.74, 6) is 1.13. The second-order valence-electron chi connectivity index (χ2n) is 7.84. The average Bonchev–Trinajstić information content (AvgIpc) is 3.48. The fourth-order valence-electron chi connectivity index (χ4n) is 3.85. The van der Waals surface area contributed by atoms with Gasteiger partial charge < -0.3 is 13.7 Å². The van der Waals surface area contributed by atoms with Crippen LogP contribution in [0.5, 0.6) is 0 Å². The van der Waals surface area contributed by atoms with Gasteiger partial charge in [-0.05, 0) is 56.2 Å². The van der Waals surface area contributed by atoms with Crippen LogP contribution in [0.1, 0.15) is 29.9 Å². The standard InChI is InChI=1S/C23H26N2O5S/c1-18-6-8-22(9-7-18)31(27,28)25-12-10-19(11-13-25)23(26)24(16-20-4-2-14-29-20)17-21-5-3-15-30-21/h2-9,14-15,19H,10-13,16-17H2,1H3. The van der Waals surface area contributed by atoms with Crippen molar-refractivity contribution < 1.29 is 22.0 Å². The summed E-state index contributed by atoms with van der Waals surface area (Å²) in [6.45, 7) is 3.25. The van der Waals surface area contributed by atoms with Crippen LogP contribution in [-0.4, -0.2) is 36.6 Å². The Morgan fingerprint density at radius 3 is 2.00 bits per heavy atom. The fourth-order valence-corrected chi connectivity index (χ4v) is 5.32. The third kappa shape index (κ3) is 4.91. The molecule has 1 amide bonds. The molecule has 8 heteroatoms. The van der Waals surface area contributed by atoms with E-state index in [9.17, 15) is 13.2 Å². The Hall–Kier alpha value is -2.84. The third-order valence-electron chi connectivity index (χ3n) is 5.63. The number of sulfonamides is 1. The molecule has 31 heavy (non-hydrogen) atoms. The van der Waals surface area contributed by atoms with Gasteiger partial charge >= 0.3 is 0 Å². The van der Waals surface area contributed by atoms with Crippen LogP contribution >= 0.6 is 0 Å². The first-order valence-corrected chi connectivity index (χ1v) is 11.8. The highest BCUT2D eigenvalue weighted by molar-refractivity contribution is 7.89. The Morgan fingerprint density at radius 2 is 1.52 bits per heavy atom. The third-order valence-corrected chi connectivity index (χ3v) is 7.54. The Bertz CT molecular complexity index is 1050. The number of nitrogens with zero attached hydrogens (tertiary/aromatic N) is 2. The summed E-state index contributed by atoms with van der Waals surface area (Å²) in [5, 5.41) is 0. The maximum atomic E-state index is 13.3. The molecule has 3 heterocycles. The summed E-state index contributed by atoms with van der Waals surface area (Å²) in [6.07, 6.45) is 4.13. The number of carbonyl (C=O) groups is 1. The highest BCUT2D eigenvalue weighted by Crippen LogP contribution is 2.26. The van der Waals surface area contributed by atoms with E-state index in [-0.39, 0.29) is 11.8 Å². The molecule has 0 radical (unpaired) electrons. The molecule has 0 spiro atoms. The Labute approximate surface area is 182 Å². The normalized spacial score (nSPS) is 15.8. The molecule has 1 aromatic carbocycles. The van der Waals surface area contributed by atoms with Crippen molar-refractivity contribution in [3.8, 4) is 0 Å². The van der Waals surface area contributed by atoms with Gasteiger partial charge in [0.1, 0.15) is 11.5 Å². The molecule has 0 unspecified atom stereocenters. The van der Waals surface area contributed by atoms with Crippen molar-refractivity contribution in [3.05, 3.63) is 78.1 Å². The topological polar surface area (TPSA) is 84.0 Å². The number of rotatable bonds is 7. The second-order valence-corrected chi connectivity index (χ2v) is 9.78. The average molecular weight is 443 g/mol. The lowest BCUT2D eigenvalue weighted by Gasteiger charge is -2.33. The van der Waals surface area contributed by atoms with Crippen LogP contribution < -0.4 is 0 Å². The van der Waals surface area contributed by atoms with E-state index in [1.54, 1.807) is 53.8 Å². The van der Waals surface area contributed by atoms with Gasteiger partial charge in [0.05, 0.1) is 30.5 Å². The maximum absolute atomic E-state index is 13.3. The zero-order valence-electron chi connectivity index (χ0n) is 17.4. The lowest BCUT2D eigenvalue weighted by atomic mass is 9.96. The number of aryl methyl sites for hydroxylation is 1. The monoisotopic (exact) mass is 442 g/mol. The second kappa shape index (κ2) is 9.11. The number of carbonyl (C=O) groups excluding carboxylic acids is 1. The molecular weight excluding hydrogens is 416 g/mol. The van der Waals surface area contributed by atoms with E-state index in [2.05, 4.69) is 0 Å². The van der Waals surface area contributed by atoms with Gasteiger partial charge in [0.2, 0.25) is 15.9 Å². The number of furan rings is 2. The SMILES string of the molecule is Cc1ccc(S(=O)(=O)N2CCC(C(=O)N(Cc3ccco3)Cc3ccco3)CC2)cc1. The molecule has 0 N–H and O–H groups in total. The minimum Gasteiger partial charge on any atom is -0.467 e. The van der Waals surface area contributed by atoms with Gasteiger partial charge in [-0.1, -0.05) is 17.7 Å². The van der Waals surface area contributed by atoms with Crippen LogP contribution in [0.25, 0.3) is 0 Å². The van der Waals surface area contributed by atoms with Gasteiger partial charge in [-0.25, -0.2) is 8.42 Å². The quantitative estimate of drug-likeness (QED) is 0.556. The number of hydrogen-bond acceptors (Lipinski definition) is 5. The van der Waals surface area contributed by atoms with Crippen LogP contribution in [0.3, 0.4) is 0 Å². The lowest BCUT2D eigenvalue weighted by Crippen LogP contribution is -2.44. The Kier molecular flexibility index (Phi) is 6.29. The highest BCUT2D eigenvalue weighted by atomic mass is 32.2. The first-order valence-electron chi connectivity index (χ1n) is 10.3. The van der Waals surface area contributed by atoms with Crippen LogP contribution in [0.4, 0.5) is 0 Å². The zero-order valence-corrected chi connectivity index (χ0v) is 18.3. The van der Waals surface area contributed by atoms with E-state index in [1.165, 1.54) is 4.31 Å². The molecule has 2 aromatic heterocycles. The van der Waals surface area contributed by atoms with Gasteiger partial charge in [-0.2, -0.15) is 4.31 Å². The predicted octanol–water partition coefficient (Wildman–Crippen LogP) is 3.81. The van der Waals surface area contributed by atoms with Gasteiger partial charge in [-0.15, -0.1) is 0 Å². The number of amides is 1. The Morgan fingerprint density at radius 1 is 0.968 bits per heavy atom. The van der Waals surface area contributed by atoms with Gasteiger partial charge in [-0.3, -0.25) is 4.79 Å². The summed E-state index contributed by atoms with van der Waals surface area (Å²) >= 11 is 0. The van der Waals surface area contributed by atoms with E-state index >= 15 is 0 Å². The van der Waals surface area contributed by atoms with E-state index < -0.39 is 10.0 Å². The lowest BCUT2D eigenvalue weighted by molar-refractivity contribution is -0.138. The molecule has 1 fully saturated rings.